The summed E-state index contributed by atoms with van der Waals surface area (Å²) in [5.41, 5.74) is -0.534. The SMILES string of the molecule is O=C1CN(C(=O)c2cccc([N+](=O)[O-])c2Cl)CC(=O)N1. The topological polar surface area (TPSA) is 110 Å². The number of piperazine rings is 1. The summed E-state index contributed by atoms with van der Waals surface area (Å²) in [5, 5.41) is 12.5. The molecule has 1 fully saturated rings. The summed E-state index contributed by atoms with van der Waals surface area (Å²) in [6.45, 7) is -0.604. The molecule has 0 aliphatic carbocycles. The molecule has 0 spiro atoms. The van der Waals surface area contributed by atoms with Crippen LogP contribution in [0, 0.1) is 10.1 Å². The van der Waals surface area contributed by atoms with Gasteiger partial charge >= 0.3 is 0 Å². The van der Waals surface area contributed by atoms with Crippen LogP contribution in [0.25, 0.3) is 0 Å². The molecule has 0 atom stereocenters. The highest BCUT2D eigenvalue weighted by Gasteiger charge is 2.29. The van der Waals surface area contributed by atoms with Crippen molar-refractivity contribution in [1.82, 2.24) is 10.2 Å². The number of benzene rings is 1. The van der Waals surface area contributed by atoms with Gasteiger partial charge < -0.3 is 4.90 Å². The molecule has 1 saturated heterocycles. The van der Waals surface area contributed by atoms with E-state index in [1.807, 2.05) is 5.32 Å². The molecule has 9 heteroatoms. The molecule has 104 valence electrons. The quantitative estimate of drug-likeness (QED) is 0.481. The van der Waals surface area contributed by atoms with Gasteiger partial charge in [-0.15, -0.1) is 0 Å². The van der Waals surface area contributed by atoms with E-state index in [4.69, 9.17) is 11.6 Å². The van der Waals surface area contributed by atoms with Gasteiger partial charge in [0.15, 0.2) is 0 Å². The van der Waals surface area contributed by atoms with E-state index in [0.717, 1.165) is 11.0 Å². The molecular weight excluding hydrogens is 290 g/mol. The van der Waals surface area contributed by atoms with E-state index in [-0.39, 0.29) is 23.7 Å². The zero-order chi connectivity index (χ0) is 14.9. The summed E-state index contributed by atoms with van der Waals surface area (Å²) >= 11 is 5.82. The van der Waals surface area contributed by atoms with Crippen molar-refractivity contribution in [2.45, 2.75) is 0 Å². The Balaban J connectivity index is 2.34. The van der Waals surface area contributed by atoms with Crippen molar-refractivity contribution in [2.75, 3.05) is 13.1 Å². The Morgan fingerprint density at radius 1 is 1.30 bits per heavy atom. The van der Waals surface area contributed by atoms with E-state index in [1.54, 1.807) is 0 Å². The standard InChI is InChI=1S/C11H8ClN3O5/c12-10-6(2-1-3-7(10)15(19)20)11(18)14-4-8(16)13-9(17)5-14/h1-3H,4-5H2,(H,13,16,17). The molecule has 3 amide bonds. The first-order valence-corrected chi connectivity index (χ1v) is 5.83. The Labute approximate surface area is 117 Å². The third kappa shape index (κ3) is 2.59. The second-order valence-electron chi connectivity index (χ2n) is 4.03. The number of hydrogen-bond donors (Lipinski definition) is 1. The first-order valence-electron chi connectivity index (χ1n) is 5.45. The number of carbonyl (C=O) groups is 3. The third-order valence-corrected chi connectivity index (χ3v) is 3.04. The largest absolute Gasteiger partial charge is 0.320 e. The number of nitro benzene ring substituents is 1. The summed E-state index contributed by atoms with van der Waals surface area (Å²) < 4.78 is 0. The van der Waals surface area contributed by atoms with E-state index >= 15 is 0 Å². The van der Waals surface area contributed by atoms with Gasteiger partial charge in [0.05, 0.1) is 10.5 Å². The third-order valence-electron chi connectivity index (χ3n) is 2.64. The van der Waals surface area contributed by atoms with Gasteiger partial charge in [0.25, 0.3) is 11.6 Å². The molecular formula is C11H8ClN3O5. The maximum atomic E-state index is 12.2. The van der Waals surface area contributed by atoms with Crippen molar-refractivity contribution in [3.8, 4) is 0 Å². The lowest BCUT2D eigenvalue weighted by atomic mass is 10.1. The fraction of sp³-hybridized carbons (Fsp3) is 0.182. The van der Waals surface area contributed by atoms with Gasteiger partial charge in [-0.2, -0.15) is 0 Å². The zero-order valence-corrected chi connectivity index (χ0v) is 10.7. The van der Waals surface area contributed by atoms with Crippen LogP contribution >= 0.6 is 11.6 Å². The molecule has 1 aromatic carbocycles. The van der Waals surface area contributed by atoms with Crippen LogP contribution in [-0.2, 0) is 9.59 Å². The summed E-state index contributed by atoms with van der Waals surface area (Å²) in [7, 11) is 0. The minimum Gasteiger partial charge on any atom is -0.320 e. The number of imide groups is 1. The van der Waals surface area contributed by atoms with Gasteiger partial charge in [-0.25, -0.2) is 0 Å². The van der Waals surface area contributed by atoms with Crippen LogP contribution in [0.1, 0.15) is 10.4 Å². The van der Waals surface area contributed by atoms with Gasteiger partial charge in [-0.3, -0.25) is 29.8 Å². The highest BCUT2D eigenvalue weighted by Crippen LogP contribution is 2.28. The van der Waals surface area contributed by atoms with Crippen LogP contribution in [-0.4, -0.2) is 40.6 Å². The molecule has 1 aliphatic rings. The molecule has 0 radical (unpaired) electrons. The lowest BCUT2D eigenvalue weighted by Gasteiger charge is -2.25. The molecule has 0 bridgehead atoms. The number of nitrogens with zero attached hydrogens (tertiary/aromatic N) is 2. The smallest absolute Gasteiger partial charge is 0.288 e. The Morgan fingerprint density at radius 2 is 1.90 bits per heavy atom. The second-order valence-corrected chi connectivity index (χ2v) is 4.41. The van der Waals surface area contributed by atoms with Crippen molar-refractivity contribution < 1.29 is 19.3 Å². The fourth-order valence-electron chi connectivity index (χ4n) is 1.78. The minimum atomic E-state index is -0.715. The van der Waals surface area contributed by atoms with Crippen molar-refractivity contribution in [2.24, 2.45) is 0 Å². The van der Waals surface area contributed by atoms with E-state index in [1.165, 1.54) is 12.1 Å². The number of halogens is 1. The van der Waals surface area contributed by atoms with Gasteiger partial charge in [0.1, 0.15) is 18.1 Å². The molecule has 1 heterocycles. The lowest BCUT2D eigenvalue weighted by Crippen LogP contribution is -2.53. The van der Waals surface area contributed by atoms with Crippen LogP contribution in [0.5, 0.6) is 0 Å². The molecule has 8 nitrogen and oxygen atoms in total. The number of hydrogen-bond acceptors (Lipinski definition) is 5. The van der Waals surface area contributed by atoms with E-state index in [0.29, 0.717) is 0 Å². The molecule has 0 unspecified atom stereocenters. The first kappa shape index (κ1) is 13.9. The number of amides is 3. The number of nitro groups is 1. The lowest BCUT2D eigenvalue weighted by molar-refractivity contribution is -0.384. The second kappa shape index (κ2) is 5.25. The van der Waals surface area contributed by atoms with Crippen molar-refractivity contribution >= 4 is 35.0 Å². The van der Waals surface area contributed by atoms with Crippen LogP contribution in [0.15, 0.2) is 18.2 Å². The molecule has 1 N–H and O–H groups in total. The molecule has 20 heavy (non-hydrogen) atoms. The van der Waals surface area contributed by atoms with Gasteiger partial charge in [0.2, 0.25) is 11.8 Å². The average molecular weight is 298 g/mol. The normalized spacial score (nSPS) is 14.9. The van der Waals surface area contributed by atoms with E-state index in [9.17, 15) is 24.5 Å². The van der Waals surface area contributed by atoms with Gasteiger partial charge in [-0.05, 0) is 6.07 Å². The number of carbonyl (C=O) groups excluding carboxylic acids is 3. The van der Waals surface area contributed by atoms with Crippen molar-refractivity contribution in [3.05, 3.63) is 38.9 Å². The highest BCUT2D eigenvalue weighted by atomic mass is 35.5. The van der Waals surface area contributed by atoms with Gasteiger partial charge in [0, 0.05) is 6.07 Å². The zero-order valence-electron chi connectivity index (χ0n) is 9.96. The molecule has 2 rings (SSSR count). The highest BCUT2D eigenvalue weighted by molar-refractivity contribution is 6.36. The number of nitrogens with one attached hydrogen (secondary N) is 1. The predicted octanol–water partition coefficient (Wildman–Crippen LogP) is 0.347. The average Bonchev–Trinajstić information content (AvgIpc) is 2.36. The van der Waals surface area contributed by atoms with Crippen LogP contribution in [0.2, 0.25) is 5.02 Å². The Morgan fingerprint density at radius 3 is 2.45 bits per heavy atom. The van der Waals surface area contributed by atoms with Gasteiger partial charge in [-0.1, -0.05) is 17.7 Å². The summed E-state index contributed by atoms with van der Waals surface area (Å²) in [6.07, 6.45) is 0. The monoisotopic (exact) mass is 297 g/mol. The summed E-state index contributed by atoms with van der Waals surface area (Å²) in [4.78, 5) is 45.6. The maximum Gasteiger partial charge on any atom is 0.288 e. The Hall–Kier alpha value is -2.48. The Kier molecular flexibility index (Phi) is 3.66. The van der Waals surface area contributed by atoms with Crippen molar-refractivity contribution in [3.63, 3.8) is 0 Å². The molecule has 0 saturated carbocycles. The molecule has 1 aromatic rings. The van der Waals surface area contributed by atoms with Crippen molar-refractivity contribution in [1.29, 1.82) is 0 Å². The Bertz CT molecular complexity index is 614. The molecule has 0 aromatic heterocycles. The molecule has 1 aliphatic heterocycles. The number of rotatable bonds is 2. The first-order chi connectivity index (χ1) is 9.40. The summed E-state index contributed by atoms with van der Waals surface area (Å²) in [6, 6.07) is 3.77. The van der Waals surface area contributed by atoms with Crippen LogP contribution < -0.4 is 5.32 Å². The maximum absolute atomic E-state index is 12.2. The van der Waals surface area contributed by atoms with E-state index < -0.39 is 28.3 Å². The fourth-order valence-corrected chi connectivity index (χ4v) is 2.05. The summed E-state index contributed by atoms with van der Waals surface area (Å²) in [5.74, 6) is -1.94. The minimum absolute atomic E-state index is 0.122. The predicted molar refractivity (Wildman–Crippen MR) is 67.2 cm³/mol. The van der Waals surface area contributed by atoms with Crippen LogP contribution in [0.4, 0.5) is 5.69 Å². The van der Waals surface area contributed by atoms with Crippen LogP contribution in [0.3, 0.4) is 0 Å². The van der Waals surface area contributed by atoms with E-state index in [2.05, 4.69) is 0 Å².